The lowest BCUT2D eigenvalue weighted by Crippen LogP contribution is -2.50. The predicted molar refractivity (Wildman–Crippen MR) is 108 cm³/mol. The minimum Gasteiger partial charge on any atom is -0.464 e. The molecule has 1 aromatic carbocycles. The maximum Gasteiger partial charge on any atom is 0.410 e. The van der Waals surface area contributed by atoms with Gasteiger partial charge in [0.05, 0.1) is 12.6 Å². The summed E-state index contributed by atoms with van der Waals surface area (Å²) in [6, 6.07) is 7.14. The smallest absolute Gasteiger partial charge is 0.410 e. The Kier molecular flexibility index (Phi) is 5.65. The summed E-state index contributed by atoms with van der Waals surface area (Å²) in [6.45, 7) is 7.83. The Morgan fingerprint density at radius 2 is 1.79 bits per heavy atom. The number of anilines is 1. The molecule has 150 valence electrons. The van der Waals surface area contributed by atoms with Crippen LogP contribution < -0.4 is 4.90 Å². The summed E-state index contributed by atoms with van der Waals surface area (Å²) in [7, 11) is 1.32. The lowest BCUT2D eigenvalue weighted by atomic mass is 10.1. The molecule has 1 aromatic heterocycles. The van der Waals surface area contributed by atoms with Crippen molar-refractivity contribution in [1.29, 1.82) is 0 Å². The average molecular weight is 406 g/mol. The van der Waals surface area contributed by atoms with E-state index in [-0.39, 0.29) is 11.8 Å². The molecule has 1 aliphatic heterocycles. The van der Waals surface area contributed by atoms with E-state index in [2.05, 4.69) is 9.88 Å². The van der Waals surface area contributed by atoms with Gasteiger partial charge in [-0.1, -0.05) is 11.6 Å². The monoisotopic (exact) mass is 405 g/mol. The van der Waals surface area contributed by atoms with E-state index in [1.165, 1.54) is 7.11 Å². The molecule has 0 aliphatic carbocycles. The molecule has 1 amide bonds. The van der Waals surface area contributed by atoms with Gasteiger partial charge in [0.2, 0.25) is 0 Å². The molecular weight excluding hydrogens is 382 g/mol. The van der Waals surface area contributed by atoms with Crippen molar-refractivity contribution in [2.45, 2.75) is 26.4 Å². The molecule has 7 nitrogen and oxygen atoms in total. The van der Waals surface area contributed by atoms with E-state index in [0.717, 1.165) is 11.1 Å². The number of fused-ring (bicyclic) bond motifs is 1. The Balaban J connectivity index is 1.86. The van der Waals surface area contributed by atoms with Crippen molar-refractivity contribution < 1.29 is 19.1 Å². The highest BCUT2D eigenvalue weighted by Crippen LogP contribution is 2.30. The van der Waals surface area contributed by atoms with E-state index in [4.69, 9.17) is 21.1 Å². The normalized spacial score (nSPS) is 14.9. The first kappa shape index (κ1) is 20.2. The van der Waals surface area contributed by atoms with Crippen LogP contribution in [0.5, 0.6) is 0 Å². The number of carbonyl (C=O) groups is 2. The van der Waals surface area contributed by atoms with Crippen molar-refractivity contribution in [3.8, 4) is 0 Å². The number of rotatable bonds is 2. The van der Waals surface area contributed by atoms with Gasteiger partial charge >= 0.3 is 12.1 Å². The van der Waals surface area contributed by atoms with E-state index in [0.29, 0.717) is 36.7 Å². The number of amides is 1. The molecular formula is C20H24ClN3O4. The zero-order valence-electron chi connectivity index (χ0n) is 16.5. The van der Waals surface area contributed by atoms with Crippen LogP contribution in [0, 0.1) is 0 Å². The third-order valence-electron chi connectivity index (χ3n) is 4.42. The number of methoxy groups -OCH3 is 1. The van der Waals surface area contributed by atoms with Crippen LogP contribution in [0.2, 0.25) is 5.02 Å². The molecule has 0 radical (unpaired) electrons. The number of aromatic nitrogens is 1. The molecule has 1 fully saturated rings. The highest BCUT2D eigenvalue weighted by molar-refractivity contribution is 6.31. The van der Waals surface area contributed by atoms with Gasteiger partial charge < -0.3 is 19.3 Å². The third-order valence-corrected chi connectivity index (χ3v) is 4.65. The zero-order valence-corrected chi connectivity index (χ0v) is 17.2. The molecule has 0 saturated carbocycles. The topological polar surface area (TPSA) is 72.0 Å². The van der Waals surface area contributed by atoms with E-state index >= 15 is 0 Å². The summed E-state index contributed by atoms with van der Waals surface area (Å²) >= 11 is 6.10. The summed E-state index contributed by atoms with van der Waals surface area (Å²) in [5.74, 6) is -0.504. The van der Waals surface area contributed by atoms with Crippen molar-refractivity contribution >= 4 is 40.3 Å². The van der Waals surface area contributed by atoms with E-state index < -0.39 is 11.6 Å². The molecule has 0 atom stereocenters. The summed E-state index contributed by atoms with van der Waals surface area (Å²) in [4.78, 5) is 32.5. The zero-order chi connectivity index (χ0) is 20.5. The van der Waals surface area contributed by atoms with Gasteiger partial charge in [0, 0.05) is 42.3 Å². The molecule has 1 aliphatic rings. The Labute approximate surface area is 169 Å². The maximum absolute atomic E-state index is 12.3. The van der Waals surface area contributed by atoms with Crippen molar-refractivity contribution in [2.75, 3.05) is 38.2 Å². The van der Waals surface area contributed by atoms with E-state index in [1.54, 1.807) is 23.1 Å². The first-order valence-corrected chi connectivity index (χ1v) is 9.47. The van der Waals surface area contributed by atoms with Crippen molar-refractivity contribution in [3.05, 3.63) is 35.0 Å². The fourth-order valence-electron chi connectivity index (χ4n) is 3.11. The number of hydrogen-bond acceptors (Lipinski definition) is 6. The van der Waals surface area contributed by atoms with Crippen LogP contribution in [0.25, 0.3) is 10.9 Å². The number of pyridine rings is 1. The minimum absolute atomic E-state index is 0.224. The number of ether oxygens (including phenoxy) is 2. The Hall–Kier alpha value is -2.54. The van der Waals surface area contributed by atoms with Crippen LogP contribution >= 0.6 is 11.6 Å². The van der Waals surface area contributed by atoms with Crippen LogP contribution in [-0.4, -0.2) is 60.8 Å². The molecule has 0 N–H and O–H groups in total. The van der Waals surface area contributed by atoms with Gasteiger partial charge in [0.25, 0.3) is 0 Å². The quantitative estimate of drug-likeness (QED) is 0.709. The van der Waals surface area contributed by atoms with Gasteiger partial charge in [-0.2, -0.15) is 0 Å². The highest BCUT2D eigenvalue weighted by Gasteiger charge is 2.27. The standard InChI is InChI=1S/C20H24ClN3O4/c1-20(2,3)28-19(26)24-9-7-23(8-10-24)17-12-16(18(25)27-4)22-15-11-13(21)5-6-14(15)17/h5-6,11-12H,7-10H2,1-4H3. The van der Waals surface area contributed by atoms with E-state index in [1.807, 2.05) is 26.8 Å². The van der Waals surface area contributed by atoms with Gasteiger partial charge in [-0.3, -0.25) is 0 Å². The molecule has 0 spiro atoms. The summed E-state index contributed by atoms with van der Waals surface area (Å²) in [6.07, 6.45) is -0.311. The fraction of sp³-hybridized carbons (Fsp3) is 0.450. The Morgan fingerprint density at radius 1 is 1.11 bits per heavy atom. The summed E-state index contributed by atoms with van der Waals surface area (Å²) in [5.41, 5.74) is 1.19. The second kappa shape index (κ2) is 7.83. The summed E-state index contributed by atoms with van der Waals surface area (Å²) < 4.78 is 10.3. The summed E-state index contributed by atoms with van der Waals surface area (Å²) in [5, 5.41) is 1.44. The molecule has 2 aromatic rings. The number of esters is 1. The molecule has 0 bridgehead atoms. The number of piperazine rings is 1. The fourth-order valence-corrected chi connectivity index (χ4v) is 3.28. The van der Waals surface area contributed by atoms with Crippen LogP contribution in [-0.2, 0) is 9.47 Å². The van der Waals surface area contributed by atoms with Gasteiger partial charge in [-0.15, -0.1) is 0 Å². The van der Waals surface area contributed by atoms with Gasteiger partial charge in [0.1, 0.15) is 5.60 Å². The van der Waals surface area contributed by atoms with Gasteiger partial charge in [-0.25, -0.2) is 14.6 Å². The number of carbonyl (C=O) groups excluding carboxylic acids is 2. The lowest BCUT2D eigenvalue weighted by Gasteiger charge is -2.37. The average Bonchev–Trinajstić information content (AvgIpc) is 2.65. The van der Waals surface area contributed by atoms with Crippen LogP contribution in [0.3, 0.4) is 0 Å². The van der Waals surface area contributed by atoms with E-state index in [9.17, 15) is 9.59 Å². The first-order valence-electron chi connectivity index (χ1n) is 9.09. The van der Waals surface area contributed by atoms with Crippen LogP contribution in [0.4, 0.5) is 10.5 Å². The highest BCUT2D eigenvalue weighted by atomic mass is 35.5. The molecule has 3 rings (SSSR count). The second-order valence-corrected chi connectivity index (χ2v) is 8.07. The first-order chi connectivity index (χ1) is 13.2. The largest absolute Gasteiger partial charge is 0.464 e. The number of halogens is 1. The minimum atomic E-state index is -0.524. The second-order valence-electron chi connectivity index (χ2n) is 7.63. The molecule has 2 heterocycles. The molecule has 0 unspecified atom stereocenters. The van der Waals surface area contributed by atoms with Gasteiger partial charge in [-0.05, 0) is 45.0 Å². The SMILES string of the molecule is COC(=O)c1cc(N2CCN(C(=O)OC(C)(C)C)CC2)c2ccc(Cl)cc2n1. The Morgan fingerprint density at radius 3 is 2.39 bits per heavy atom. The number of benzene rings is 1. The number of hydrogen-bond donors (Lipinski definition) is 0. The molecule has 1 saturated heterocycles. The number of nitrogens with zero attached hydrogens (tertiary/aromatic N) is 3. The van der Waals surface area contributed by atoms with Crippen LogP contribution in [0.15, 0.2) is 24.3 Å². The Bertz CT molecular complexity index is 902. The van der Waals surface area contributed by atoms with Gasteiger partial charge in [0.15, 0.2) is 5.69 Å². The third kappa shape index (κ3) is 4.47. The van der Waals surface area contributed by atoms with Crippen molar-refractivity contribution in [2.24, 2.45) is 0 Å². The predicted octanol–water partition coefficient (Wildman–Crippen LogP) is 3.73. The van der Waals surface area contributed by atoms with Crippen molar-refractivity contribution in [3.63, 3.8) is 0 Å². The van der Waals surface area contributed by atoms with Crippen molar-refractivity contribution in [1.82, 2.24) is 9.88 Å². The van der Waals surface area contributed by atoms with Crippen LogP contribution in [0.1, 0.15) is 31.3 Å². The molecule has 8 heteroatoms. The maximum atomic E-state index is 12.3. The lowest BCUT2D eigenvalue weighted by molar-refractivity contribution is 0.0240. The molecule has 28 heavy (non-hydrogen) atoms.